The molecule has 1 aliphatic rings. The molecule has 0 aliphatic carbocycles. The van der Waals surface area contributed by atoms with Crippen LogP contribution in [-0.4, -0.2) is 45.2 Å². The highest BCUT2D eigenvalue weighted by Gasteiger charge is 2.48. The number of nitrogens with one attached hydrogen (secondary N) is 1. The third-order valence-corrected chi connectivity index (χ3v) is 5.04. The number of aliphatic carboxylic acids is 1. The van der Waals surface area contributed by atoms with E-state index in [1.807, 2.05) is 32.9 Å². The zero-order chi connectivity index (χ0) is 16.8. The molecule has 1 atom stereocenters. The van der Waals surface area contributed by atoms with Crippen molar-refractivity contribution in [1.29, 1.82) is 0 Å². The molecule has 0 bridgehead atoms. The summed E-state index contributed by atoms with van der Waals surface area (Å²) in [7, 11) is 0. The Balaban J connectivity index is 1.95. The molecule has 3 rings (SSSR count). The van der Waals surface area contributed by atoms with E-state index in [4.69, 9.17) is 0 Å². The fraction of sp³-hybridized carbons (Fsp3) is 0.471. The molecule has 23 heavy (non-hydrogen) atoms. The normalized spacial score (nSPS) is 21.3. The highest BCUT2D eigenvalue weighted by Crippen LogP contribution is 2.39. The molecule has 1 aromatic carbocycles. The van der Waals surface area contributed by atoms with E-state index in [1.165, 1.54) is 0 Å². The molecular formula is C17H21N3O3. The molecule has 2 heterocycles. The third kappa shape index (κ3) is 2.38. The largest absolute Gasteiger partial charge is 0.481 e. The molecular weight excluding hydrogens is 294 g/mol. The summed E-state index contributed by atoms with van der Waals surface area (Å²) in [5.41, 5.74) is 1.39. The van der Waals surface area contributed by atoms with Crippen LogP contribution >= 0.6 is 0 Å². The number of carboxylic acids is 1. The number of rotatable bonds is 3. The minimum absolute atomic E-state index is 0.0255. The number of aromatic nitrogens is 2. The monoisotopic (exact) mass is 315 g/mol. The van der Waals surface area contributed by atoms with Crippen molar-refractivity contribution < 1.29 is 14.7 Å². The topological polar surface area (TPSA) is 86.3 Å². The van der Waals surface area contributed by atoms with E-state index in [9.17, 15) is 14.7 Å². The Morgan fingerprint density at radius 3 is 2.74 bits per heavy atom. The van der Waals surface area contributed by atoms with Gasteiger partial charge in [0.2, 0.25) is 0 Å². The van der Waals surface area contributed by atoms with Gasteiger partial charge in [-0.3, -0.25) is 14.7 Å². The smallest absolute Gasteiger partial charge is 0.311 e. The SMILES string of the molecule is Cc1cc(C(=O)N2CCC(C(=O)O)(C(C)C)C2)c2[nH]ncc2c1. The number of hydrogen-bond donors (Lipinski definition) is 2. The zero-order valence-corrected chi connectivity index (χ0v) is 13.6. The van der Waals surface area contributed by atoms with Crippen LogP contribution in [0.3, 0.4) is 0 Å². The highest BCUT2D eigenvalue weighted by atomic mass is 16.4. The van der Waals surface area contributed by atoms with E-state index in [2.05, 4.69) is 10.2 Å². The summed E-state index contributed by atoms with van der Waals surface area (Å²) in [6, 6.07) is 3.80. The van der Waals surface area contributed by atoms with E-state index < -0.39 is 11.4 Å². The molecule has 1 aliphatic heterocycles. The molecule has 0 radical (unpaired) electrons. The van der Waals surface area contributed by atoms with Gasteiger partial charge in [-0.2, -0.15) is 5.10 Å². The zero-order valence-electron chi connectivity index (χ0n) is 13.6. The van der Waals surface area contributed by atoms with Crippen molar-refractivity contribution in [3.05, 3.63) is 29.5 Å². The Morgan fingerprint density at radius 1 is 1.39 bits per heavy atom. The van der Waals surface area contributed by atoms with Crippen LogP contribution < -0.4 is 0 Å². The van der Waals surface area contributed by atoms with Crippen molar-refractivity contribution in [2.75, 3.05) is 13.1 Å². The lowest BCUT2D eigenvalue weighted by atomic mass is 9.76. The van der Waals surface area contributed by atoms with Crippen LogP contribution in [0.5, 0.6) is 0 Å². The predicted octanol–water partition coefficient (Wildman–Crippen LogP) is 2.44. The van der Waals surface area contributed by atoms with Crippen LogP contribution in [0, 0.1) is 18.3 Å². The molecule has 6 heteroatoms. The van der Waals surface area contributed by atoms with Gasteiger partial charge < -0.3 is 10.0 Å². The van der Waals surface area contributed by atoms with Crippen LogP contribution in [0.4, 0.5) is 0 Å². The van der Waals surface area contributed by atoms with Crippen molar-refractivity contribution >= 4 is 22.8 Å². The number of aromatic amines is 1. The fourth-order valence-electron chi connectivity index (χ4n) is 3.45. The Kier molecular flexibility index (Phi) is 3.62. The first-order valence-electron chi connectivity index (χ1n) is 7.81. The Hall–Kier alpha value is -2.37. The van der Waals surface area contributed by atoms with Crippen molar-refractivity contribution in [1.82, 2.24) is 15.1 Å². The van der Waals surface area contributed by atoms with Gasteiger partial charge in [-0.1, -0.05) is 13.8 Å². The maximum atomic E-state index is 12.9. The van der Waals surface area contributed by atoms with Crippen LogP contribution in [0.25, 0.3) is 10.9 Å². The molecule has 6 nitrogen and oxygen atoms in total. The van der Waals surface area contributed by atoms with Crippen molar-refractivity contribution in [3.8, 4) is 0 Å². The highest BCUT2D eigenvalue weighted by molar-refractivity contribution is 6.06. The lowest BCUT2D eigenvalue weighted by molar-refractivity contribution is -0.150. The van der Waals surface area contributed by atoms with Crippen molar-refractivity contribution in [2.24, 2.45) is 11.3 Å². The van der Waals surface area contributed by atoms with Gasteiger partial charge in [0, 0.05) is 18.5 Å². The summed E-state index contributed by atoms with van der Waals surface area (Å²) in [5.74, 6) is -0.979. The minimum atomic E-state index is -0.855. The first-order chi connectivity index (χ1) is 10.8. The van der Waals surface area contributed by atoms with Gasteiger partial charge in [0.25, 0.3) is 5.91 Å². The summed E-state index contributed by atoms with van der Waals surface area (Å²) < 4.78 is 0. The second kappa shape index (κ2) is 5.37. The number of amides is 1. The molecule has 122 valence electrons. The van der Waals surface area contributed by atoms with Gasteiger partial charge in [-0.05, 0) is 37.0 Å². The standard InChI is InChI=1S/C17H21N3O3/c1-10(2)17(16(22)23)4-5-20(9-17)15(21)13-7-11(3)6-12-8-18-19-14(12)13/h6-8,10H,4-5,9H2,1-3H3,(H,18,19)(H,22,23). The average Bonchev–Trinajstić information content (AvgIpc) is 3.12. The second-order valence-electron chi connectivity index (χ2n) is 6.74. The third-order valence-electron chi connectivity index (χ3n) is 5.04. The molecule has 0 spiro atoms. The van der Waals surface area contributed by atoms with E-state index in [0.717, 1.165) is 10.9 Å². The predicted molar refractivity (Wildman–Crippen MR) is 86.3 cm³/mol. The first kappa shape index (κ1) is 15.5. The van der Waals surface area contributed by atoms with Gasteiger partial charge in [0.15, 0.2) is 0 Å². The number of benzene rings is 1. The van der Waals surface area contributed by atoms with Crippen LogP contribution in [0.15, 0.2) is 18.3 Å². The first-order valence-corrected chi connectivity index (χ1v) is 7.81. The average molecular weight is 315 g/mol. The number of hydrogen-bond acceptors (Lipinski definition) is 3. The lowest BCUT2D eigenvalue weighted by Crippen LogP contribution is -2.40. The second-order valence-corrected chi connectivity index (χ2v) is 6.74. The molecule has 1 aromatic heterocycles. The summed E-state index contributed by atoms with van der Waals surface area (Å²) >= 11 is 0. The maximum absolute atomic E-state index is 12.9. The van der Waals surface area contributed by atoms with Crippen molar-refractivity contribution in [3.63, 3.8) is 0 Å². The van der Waals surface area contributed by atoms with E-state index >= 15 is 0 Å². The molecule has 1 saturated heterocycles. The number of carboxylic acid groups (broad SMARTS) is 1. The molecule has 2 aromatic rings. The van der Waals surface area contributed by atoms with Crippen LogP contribution in [-0.2, 0) is 4.79 Å². The molecule has 1 amide bonds. The fourth-order valence-corrected chi connectivity index (χ4v) is 3.45. The maximum Gasteiger partial charge on any atom is 0.311 e. The quantitative estimate of drug-likeness (QED) is 0.911. The lowest BCUT2D eigenvalue weighted by Gasteiger charge is -2.28. The number of likely N-dealkylation sites (tertiary alicyclic amines) is 1. The number of carbonyl (C=O) groups excluding carboxylic acids is 1. The molecule has 1 fully saturated rings. The van der Waals surface area contributed by atoms with Crippen molar-refractivity contribution in [2.45, 2.75) is 27.2 Å². The number of carbonyl (C=O) groups is 2. The number of nitrogens with zero attached hydrogens (tertiary/aromatic N) is 2. The minimum Gasteiger partial charge on any atom is -0.481 e. The summed E-state index contributed by atoms with van der Waals surface area (Å²) in [6.07, 6.45) is 2.18. The van der Waals surface area contributed by atoms with Gasteiger partial charge in [-0.15, -0.1) is 0 Å². The van der Waals surface area contributed by atoms with E-state index in [1.54, 1.807) is 11.1 Å². The van der Waals surface area contributed by atoms with Gasteiger partial charge in [0.1, 0.15) is 0 Å². The Bertz CT molecular complexity index is 780. The number of aryl methyl sites for hydroxylation is 1. The number of H-pyrrole nitrogens is 1. The number of fused-ring (bicyclic) bond motifs is 1. The van der Waals surface area contributed by atoms with Gasteiger partial charge >= 0.3 is 5.97 Å². The summed E-state index contributed by atoms with van der Waals surface area (Å²) in [5, 5.41) is 17.4. The van der Waals surface area contributed by atoms with Gasteiger partial charge in [-0.25, -0.2) is 0 Å². The molecule has 0 saturated carbocycles. The van der Waals surface area contributed by atoms with Crippen LogP contribution in [0.2, 0.25) is 0 Å². The Morgan fingerprint density at radius 2 is 2.13 bits per heavy atom. The van der Waals surface area contributed by atoms with Crippen LogP contribution in [0.1, 0.15) is 36.2 Å². The van der Waals surface area contributed by atoms with Gasteiger partial charge in [0.05, 0.1) is 22.7 Å². The molecule has 2 N–H and O–H groups in total. The van der Waals surface area contributed by atoms with E-state index in [0.29, 0.717) is 24.0 Å². The van der Waals surface area contributed by atoms with E-state index in [-0.39, 0.29) is 18.4 Å². The molecule has 1 unspecified atom stereocenters. The summed E-state index contributed by atoms with van der Waals surface area (Å²) in [6.45, 7) is 6.46. The Labute approximate surface area is 134 Å². The summed E-state index contributed by atoms with van der Waals surface area (Å²) in [4.78, 5) is 26.3.